The van der Waals surface area contributed by atoms with Crippen LogP contribution in [-0.4, -0.2) is 94.1 Å². The molecule has 4 N–H and O–H groups in total. The van der Waals surface area contributed by atoms with Crippen LogP contribution in [0.15, 0.2) is 49.3 Å². The van der Waals surface area contributed by atoms with Crippen LogP contribution in [0.5, 0.6) is 0 Å². The topological polar surface area (TPSA) is 207 Å². The minimum absolute atomic E-state index is 0.0116. The number of alkyl carbamates (subject to hydrolysis) is 1. The maximum absolute atomic E-state index is 14.4. The largest absolute Gasteiger partial charge is 0.444 e. The Kier molecular flexibility index (Phi) is 11.3. The predicted octanol–water partition coefficient (Wildman–Crippen LogP) is 4.02. The molecule has 56 heavy (non-hydrogen) atoms. The Balaban J connectivity index is 1.42. The van der Waals surface area contributed by atoms with Crippen molar-refractivity contribution in [3.8, 4) is 5.69 Å². The van der Waals surface area contributed by atoms with Gasteiger partial charge in [-0.05, 0) is 69.7 Å². The van der Waals surface area contributed by atoms with Gasteiger partial charge in [0.25, 0.3) is 5.91 Å². The fraction of sp³-hybridized carbons (Fsp3) is 0.556. The number of carbonyl (C=O) groups is 5. The number of halogens is 3. The van der Waals surface area contributed by atoms with E-state index < -0.39 is 104 Å². The van der Waals surface area contributed by atoms with Crippen LogP contribution in [0.3, 0.4) is 0 Å². The van der Waals surface area contributed by atoms with E-state index in [4.69, 9.17) is 9.47 Å². The molecule has 5 atom stereocenters. The van der Waals surface area contributed by atoms with Crippen LogP contribution in [0.4, 0.5) is 28.4 Å². The van der Waals surface area contributed by atoms with E-state index in [1.54, 1.807) is 41.5 Å². The molecule has 0 spiro atoms. The first-order chi connectivity index (χ1) is 25.8. The van der Waals surface area contributed by atoms with Gasteiger partial charge in [-0.1, -0.05) is 26.8 Å². The van der Waals surface area contributed by atoms with Crippen LogP contribution >= 0.6 is 0 Å². The van der Waals surface area contributed by atoms with Gasteiger partial charge in [-0.2, -0.15) is 18.3 Å². The lowest BCUT2D eigenvalue weighted by molar-refractivity contribution is -0.143. The molecule has 2 heterocycles. The quantitative estimate of drug-likeness (QED) is 0.240. The van der Waals surface area contributed by atoms with E-state index >= 15 is 0 Å². The summed E-state index contributed by atoms with van der Waals surface area (Å²) >= 11 is 0. The third-order valence-corrected chi connectivity index (χ3v) is 11.3. The molecule has 2 saturated carbocycles. The number of hydrogen-bond acceptors (Lipinski definition) is 10. The number of carbonyl (C=O) groups excluding carboxylic acids is 5. The maximum atomic E-state index is 14.4. The molecule has 20 heteroatoms. The van der Waals surface area contributed by atoms with E-state index in [1.807, 2.05) is 0 Å². The highest BCUT2D eigenvalue weighted by Gasteiger charge is 2.62. The zero-order valence-corrected chi connectivity index (χ0v) is 32.5. The summed E-state index contributed by atoms with van der Waals surface area (Å²) in [6, 6.07) is 1.42. The first-order valence-electron chi connectivity index (χ1n) is 17.8. The van der Waals surface area contributed by atoms with Crippen molar-refractivity contribution in [2.45, 2.75) is 108 Å². The molecule has 3 fully saturated rings. The van der Waals surface area contributed by atoms with Crippen molar-refractivity contribution >= 4 is 45.6 Å². The van der Waals surface area contributed by atoms with Crippen molar-refractivity contribution in [3.05, 3.63) is 54.9 Å². The number of nitrogens with zero attached hydrogens (tertiary/aromatic N) is 3. The number of benzene rings is 1. The van der Waals surface area contributed by atoms with Crippen LogP contribution in [0.2, 0.25) is 0 Å². The molecule has 16 nitrogen and oxygen atoms in total. The summed E-state index contributed by atoms with van der Waals surface area (Å²) < 4.78 is 80.5. The number of sulfonamides is 1. The fourth-order valence-corrected chi connectivity index (χ4v) is 7.71. The second-order valence-electron chi connectivity index (χ2n) is 16.2. The molecule has 1 saturated heterocycles. The second kappa shape index (κ2) is 15.1. The summed E-state index contributed by atoms with van der Waals surface area (Å²) in [4.78, 5) is 69.2. The zero-order chi connectivity index (χ0) is 41.6. The monoisotopic (exact) mass is 809 g/mol. The molecule has 0 radical (unpaired) electrons. The molecule has 3 aliphatic rings. The number of anilines is 1. The van der Waals surface area contributed by atoms with Crippen LogP contribution < -0.4 is 20.7 Å². The van der Waals surface area contributed by atoms with Crippen LogP contribution in [-0.2, 0) is 40.1 Å². The number of amides is 5. The van der Waals surface area contributed by atoms with Gasteiger partial charge in [0.15, 0.2) is 0 Å². The second-order valence-corrected chi connectivity index (χ2v) is 18.2. The van der Waals surface area contributed by atoms with Crippen LogP contribution in [0.25, 0.3) is 5.69 Å². The number of aromatic nitrogens is 2. The third kappa shape index (κ3) is 9.62. The smallest absolute Gasteiger partial charge is 0.416 e. The van der Waals surface area contributed by atoms with E-state index in [9.17, 15) is 45.6 Å². The number of ether oxygens (including phenoxy) is 2. The average Bonchev–Trinajstić information content (AvgIpc) is 3.94. The lowest BCUT2D eigenvalue weighted by Gasteiger charge is -2.36. The third-order valence-electron chi connectivity index (χ3n) is 9.46. The highest BCUT2D eigenvalue weighted by atomic mass is 32.2. The molecule has 1 aromatic carbocycles. The normalized spacial score (nSPS) is 23.0. The van der Waals surface area contributed by atoms with Crippen LogP contribution in [0, 0.1) is 11.3 Å². The average molecular weight is 810 g/mol. The molecular weight excluding hydrogens is 763 g/mol. The van der Waals surface area contributed by atoms with Gasteiger partial charge in [-0.3, -0.25) is 24.4 Å². The van der Waals surface area contributed by atoms with Crippen molar-refractivity contribution in [2.24, 2.45) is 11.3 Å². The van der Waals surface area contributed by atoms with Gasteiger partial charge in [0.2, 0.25) is 21.8 Å². The van der Waals surface area contributed by atoms with Gasteiger partial charge >= 0.3 is 18.4 Å². The lowest BCUT2D eigenvalue weighted by atomic mass is 9.85. The minimum Gasteiger partial charge on any atom is -0.444 e. The fourth-order valence-electron chi connectivity index (χ4n) is 6.35. The number of alkyl halides is 3. The van der Waals surface area contributed by atoms with E-state index in [1.165, 1.54) is 29.2 Å². The highest BCUT2D eigenvalue weighted by Crippen LogP contribution is 2.45. The van der Waals surface area contributed by atoms with E-state index in [2.05, 4.69) is 32.4 Å². The Labute approximate surface area is 321 Å². The zero-order valence-electron chi connectivity index (χ0n) is 31.7. The van der Waals surface area contributed by atoms with Crippen molar-refractivity contribution < 1.29 is 55.0 Å². The number of rotatable bonds is 11. The molecule has 5 unspecified atom stereocenters. The van der Waals surface area contributed by atoms with Gasteiger partial charge in [-0.15, -0.1) is 6.58 Å². The maximum Gasteiger partial charge on any atom is 0.416 e. The number of nitrogens with one attached hydrogen (secondary N) is 4. The molecule has 0 bridgehead atoms. The van der Waals surface area contributed by atoms with Gasteiger partial charge in [0.1, 0.15) is 29.3 Å². The Morgan fingerprint density at radius 3 is 2.27 bits per heavy atom. The Morgan fingerprint density at radius 1 is 1.05 bits per heavy atom. The van der Waals surface area contributed by atoms with E-state index in [0.717, 1.165) is 17.0 Å². The first kappa shape index (κ1) is 42.0. The van der Waals surface area contributed by atoms with E-state index in [-0.39, 0.29) is 24.2 Å². The van der Waals surface area contributed by atoms with Gasteiger partial charge < -0.3 is 25.0 Å². The summed E-state index contributed by atoms with van der Waals surface area (Å²) in [7, 11) is -4.00. The summed E-state index contributed by atoms with van der Waals surface area (Å²) in [5, 5.41) is 10.8. The van der Waals surface area contributed by atoms with Gasteiger partial charge in [-0.25, -0.2) is 22.7 Å². The first-order valence-corrected chi connectivity index (χ1v) is 19.4. The minimum atomic E-state index is -4.75. The molecule has 2 aromatic rings. The molecule has 5 amide bonds. The summed E-state index contributed by atoms with van der Waals surface area (Å²) in [5.41, 5.74) is -4.90. The molecule has 306 valence electrons. The molecule has 1 aliphatic heterocycles. The molecule has 5 rings (SSSR count). The molecule has 1 aromatic heterocycles. The SMILES string of the molecule is C=CC1CC1(NC(=O)C1CC(OC(=O)Nc2cc(C(F)(F)F)ccc2-n2cccn2)CN1C(=O)C(NC(=O)OC(C)(C)C)C(C)(C)C)C(=O)NS(=O)(=O)C1CC1. The number of likely N-dealkylation sites (tertiary alicyclic amines) is 1. The lowest BCUT2D eigenvalue weighted by Crippen LogP contribution is -2.60. The summed E-state index contributed by atoms with van der Waals surface area (Å²) in [6.45, 7) is 13.1. The molecule has 2 aliphatic carbocycles. The molecular formula is C36H46F3N7O9S. The number of hydrogen-bond donors (Lipinski definition) is 4. The van der Waals surface area contributed by atoms with Gasteiger partial charge in [0, 0.05) is 24.7 Å². The Bertz CT molecular complexity index is 1990. The predicted molar refractivity (Wildman–Crippen MR) is 194 cm³/mol. The summed E-state index contributed by atoms with van der Waals surface area (Å²) in [6.07, 6.45) is -3.48. The van der Waals surface area contributed by atoms with Crippen molar-refractivity contribution in [2.75, 3.05) is 11.9 Å². The highest BCUT2D eigenvalue weighted by molar-refractivity contribution is 7.91. The van der Waals surface area contributed by atoms with E-state index in [0.29, 0.717) is 18.9 Å². The summed E-state index contributed by atoms with van der Waals surface area (Å²) in [5.74, 6) is -3.30. The van der Waals surface area contributed by atoms with Crippen LogP contribution in [0.1, 0.15) is 72.8 Å². The van der Waals surface area contributed by atoms with Crippen molar-refractivity contribution in [3.63, 3.8) is 0 Å². The Hall–Kier alpha value is -5.14. The Morgan fingerprint density at radius 2 is 1.73 bits per heavy atom. The van der Waals surface area contributed by atoms with Crippen molar-refractivity contribution in [1.82, 2.24) is 30.0 Å². The van der Waals surface area contributed by atoms with Gasteiger partial charge in [0.05, 0.1) is 28.7 Å². The standard InChI is InChI=1S/C36H46F3N7O9S/c1-8-20-18-35(20,30(49)44-56(52,53)23-11-12-23)43-28(47)26-17-22(19-45(26)29(48)27(33(2,3)4)42-32(51)55-34(5,6)7)54-31(50)41-24-16-21(36(37,38)39)10-13-25(24)46-15-9-14-40-46/h8-10,13-16,20,22-23,26-27H,1,11-12,17-19H2,2-7H3,(H,41,50)(H,42,51)(H,43,47)(H,44,49). The van der Waals surface area contributed by atoms with Crippen molar-refractivity contribution in [1.29, 1.82) is 0 Å².